The van der Waals surface area contributed by atoms with Gasteiger partial charge in [-0.2, -0.15) is 0 Å². The van der Waals surface area contributed by atoms with Crippen LogP contribution >= 0.6 is 11.3 Å². The Balaban J connectivity index is 2.79. The van der Waals surface area contributed by atoms with Crippen molar-refractivity contribution in [3.63, 3.8) is 0 Å². The van der Waals surface area contributed by atoms with Gasteiger partial charge in [-0.05, 0) is 18.4 Å². The van der Waals surface area contributed by atoms with Gasteiger partial charge < -0.3 is 5.73 Å². The molecule has 0 spiro atoms. The predicted octanol–water partition coefficient (Wildman–Crippen LogP) is 0.374. The molecule has 0 aliphatic rings. The second kappa shape index (κ2) is 4.19. The second-order valence-corrected chi connectivity index (χ2v) is 5.58. The third-order valence-electron chi connectivity index (χ3n) is 1.47. The maximum Gasteiger partial charge on any atom is 0.250 e. The number of nitrogens with one attached hydrogen (secondary N) is 1. The molecule has 74 valence electrons. The number of sulfonamides is 1. The minimum absolute atomic E-state index is 0.230. The molecular weight excluding hydrogens is 208 g/mol. The summed E-state index contributed by atoms with van der Waals surface area (Å²) in [6.45, 7) is 2.02. The molecule has 1 aromatic heterocycles. The van der Waals surface area contributed by atoms with E-state index in [0.717, 1.165) is 0 Å². The fourth-order valence-corrected chi connectivity index (χ4v) is 3.05. The molecule has 1 aromatic rings. The average Bonchev–Trinajstić information content (AvgIpc) is 2.55. The third-order valence-corrected chi connectivity index (χ3v) is 4.46. The third kappa shape index (κ3) is 2.77. The van der Waals surface area contributed by atoms with Crippen LogP contribution in [0.25, 0.3) is 0 Å². The van der Waals surface area contributed by atoms with Crippen molar-refractivity contribution in [3.05, 3.63) is 17.5 Å². The first kappa shape index (κ1) is 10.6. The maximum atomic E-state index is 11.5. The molecule has 6 heteroatoms. The average molecular weight is 220 g/mol. The van der Waals surface area contributed by atoms with E-state index in [1.54, 1.807) is 24.4 Å². The molecule has 0 aromatic carbocycles. The molecule has 3 N–H and O–H groups in total. The molecule has 0 radical (unpaired) electrons. The lowest BCUT2D eigenvalue weighted by Crippen LogP contribution is -2.37. The molecule has 0 bridgehead atoms. The Labute approximate surface area is 81.8 Å². The van der Waals surface area contributed by atoms with Gasteiger partial charge in [0.2, 0.25) is 10.0 Å². The quantitative estimate of drug-likeness (QED) is 0.770. The molecule has 1 atom stereocenters. The van der Waals surface area contributed by atoms with Gasteiger partial charge in [-0.25, -0.2) is 13.1 Å². The van der Waals surface area contributed by atoms with Crippen molar-refractivity contribution < 1.29 is 8.42 Å². The SMILES string of the molecule is C[C@H](CN)NS(=O)(=O)c1cccs1. The van der Waals surface area contributed by atoms with E-state index >= 15 is 0 Å². The summed E-state index contributed by atoms with van der Waals surface area (Å²) in [6.07, 6.45) is 0. The molecule has 0 unspecified atom stereocenters. The fourth-order valence-electron chi connectivity index (χ4n) is 0.787. The zero-order chi connectivity index (χ0) is 9.90. The molecule has 1 rings (SSSR count). The van der Waals surface area contributed by atoms with Gasteiger partial charge in [0.15, 0.2) is 0 Å². The van der Waals surface area contributed by atoms with Crippen LogP contribution in [0.1, 0.15) is 6.92 Å². The van der Waals surface area contributed by atoms with E-state index in [4.69, 9.17) is 5.73 Å². The van der Waals surface area contributed by atoms with E-state index in [0.29, 0.717) is 10.8 Å². The summed E-state index contributed by atoms with van der Waals surface area (Å²) in [6, 6.07) is 3.04. The summed E-state index contributed by atoms with van der Waals surface area (Å²) in [4.78, 5) is 0. The van der Waals surface area contributed by atoms with Gasteiger partial charge in [0, 0.05) is 12.6 Å². The van der Waals surface area contributed by atoms with Crippen molar-refractivity contribution in [3.8, 4) is 0 Å². The van der Waals surface area contributed by atoms with Gasteiger partial charge in [0.1, 0.15) is 4.21 Å². The van der Waals surface area contributed by atoms with E-state index < -0.39 is 10.0 Å². The van der Waals surface area contributed by atoms with Crippen LogP contribution < -0.4 is 10.5 Å². The summed E-state index contributed by atoms with van der Waals surface area (Å²) >= 11 is 1.19. The Morgan fingerprint density at radius 3 is 2.85 bits per heavy atom. The highest BCUT2D eigenvalue weighted by molar-refractivity contribution is 7.91. The van der Waals surface area contributed by atoms with E-state index in [2.05, 4.69) is 4.72 Å². The summed E-state index contributed by atoms with van der Waals surface area (Å²) in [5, 5.41) is 1.72. The number of hydrogen-bond acceptors (Lipinski definition) is 4. The highest BCUT2D eigenvalue weighted by Crippen LogP contribution is 2.15. The van der Waals surface area contributed by atoms with Crippen LogP contribution in [-0.4, -0.2) is 21.0 Å². The lowest BCUT2D eigenvalue weighted by atomic mass is 10.4. The predicted molar refractivity (Wildman–Crippen MR) is 53.2 cm³/mol. The minimum atomic E-state index is -3.34. The highest BCUT2D eigenvalue weighted by Gasteiger charge is 2.16. The summed E-state index contributed by atoms with van der Waals surface area (Å²) in [5.74, 6) is 0. The largest absolute Gasteiger partial charge is 0.329 e. The number of thiophene rings is 1. The van der Waals surface area contributed by atoms with Crippen molar-refractivity contribution in [2.45, 2.75) is 17.2 Å². The maximum absolute atomic E-state index is 11.5. The van der Waals surface area contributed by atoms with E-state index in [1.165, 1.54) is 11.3 Å². The Hall–Kier alpha value is -0.430. The Morgan fingerprint density at radius 2 is 2.38 bits per heavy atom. The summed E-state index contributed by atoms with van der Waals surface area (Å²) < 4.78 is 25.8. The molecule has 0 saturated heterocycles. The number of hydrogen-bond donors (Lipinski definition) is 2. The van der Waals surface area contributed by atoms with Crippen molar-refractivity contribution in [2.75, 3.05) is 6.54 Å². The zero-order valence-electron chi connectivity index (χ0n) is 7.23. The van der Waals surface area contributed by atoms with Crippen LogP contribution in [-0.2, 0) is 10.0 Å². The number of nitrogens with two attached hydrogens (primary N) is 1. The van der Waals surface area contributed by atoms with Crippen molar-refractivity contribution in [1.29, 1.82) is 0 Å². The van der Waals surface area contributed by atoms with E-state index in [-0.39, 0.29) is 6.04 Å². The fraction of sp³-hybridized carbons (Fsp3) is 0.429. The van der Waals surface area contributed by atoms with E-state index in [9.17, 15) is 8.42 Å². The number of rotatable bonds is 4. The van der Waals surface area contributed by atoms with E-state index in [1.807, 2.05) is 0 Å². The van der Waals surface area contributed by atoms with Crippen LogP contribution in [0.5, 0.6) is 0 Å². The second-order valence-electron chi connectivity index (χ2n) is 2.69. The van der Waals surface area contributed by atoms with Crippen LogP contribution in [0.2, 0.25) is 0 Å². The van der Waals surface area contributed by atoms with Gasteiger partial charge in [-0.15, -0.1) is 11.3 Å². The van der Waals surface area contributed by atoms with Crippen LogP contribution in [0.4, 0.5) is 0 Å². The first-order valence-electron chi connectivity index (χ1n) is 3.82. The highest BCUT2D eigenvalue weighted by atomic mass is 32.2. The minimum Gasteiger partial charge on any atom is -0.329 e. The Morgan fingerprint density at radius 1 is 1.69 bits per heavy atom. The van der Waals surface area contributed by atoms with Crippen LogP contribution in [0.3, 0.4) is 0 Å². The van der Waals surface area contributed by atoms with Gasteiger partial charge in [0.25, 0.3) is 0 Å². The topological polar surface area (TPSA) is 72.2 Å². The van der Waals surface area contributed by atoms with Crippen LogP contribution in [0.15, 0.2) is 21.7 Å². The van der Waals surface area contributed by atoms with Gasteiger partial charge >= 0.3 is 0 Å². The van der Waals surface area contributed by atoms with Crippen molar-refractivity contribution in [2.24, 2.45) is 5.73 Å². The van der Waals surface area contributed by atoms with Crippen molar-refractivity contribution >= 4 is 21.4 Å². The molecule has 0 aliphatic heterocycles. The zero-order valence-corrected chi connectivity index (χ0v) is 8.86. The normalized spacial score (nSPS) is 14.3. The first-order chi connectivity index (χ1) is 6.06. The molecule has 0 amide bonds. The van der Waals surface area contributed by atoms with Gasteiger partial charge in [0.05, 0.1) is 0 Å². The molecule has 4 nitrogen and oxygen atoms in total. The Bertz CT molecular complexity index is 345. The molecule has 1 heterocycles. The van der Waals surface area contributed by atoms with Gasteiger partial charge in [-0.3, -0.25) is 0 Å². The van der Waals surface area contributed by atoms with Crippen LogP contribution in [0, 0.1) is 0 Å². The first-order valence-corrected chi connectivity index (χ1v) is 6.18. The van der Waals surface area contributed by atoms with Gasteiger partial charge in [-0.1, -0.05) is 6.07 Å². The smallest absolute Gasteiger partial charge is 0.250 e. The molecular formula is C7H12N2O2S2. The molecule has 0 fully saturated rings. The molecule has 13 heavy (non-hydrogen) atoms. The molecule has 0 aliphatic carbocycles. The molecule has 0 saturated carbocycles. The lowest BCUT2D eigenvalue weighted by molar-refractivity contribution is 0.564. The van der Waals surface area contributed by atoms with Crippen molar-refractivity contribution in [1.82, 2.24) is 4.72 Å². The summed E-state index contributed by atoms with van der Waals surface area (Å²) in [5.41, 5.74) is 5.31. The summed E-state index contributed by atoms with van der Waals surface area (Å²) in [7, 11) is -3.34. The standard InChI is InChI=1S/C7H12N2O2S2/c1-6(5-8)9-13(10,11)7-3-2-4-12-7/h2-4,6,9H,5,8H2,1H3/t6-/m1/s1. The monoisotopic (exact) mass is 220 g/mol. The lowest BCUT2D eigenvalue weighted by Gasteiger charge is -2.09. The Kier molecular flexibility index (Phi) is 3.43.